The first-order valence-corrected chi connectivity index (χ1v) is 14.7. The smallest absolute Gasteiger partial charge is 0.147 e. The fourth-order valence-electron chi connectivity index (χ4n) is 4.35. The largest absolute Gasteiger partial charge is 0.497 e. The lowest BCUT2D eigenvalue weighted by Crippen LogP contribution is -2.15. The number of nitrogens with one attached hydrogen (secondary N) is 1. The first-order valence-electron chi connectivity index (χ1n) is 11.4. The van der Waals surface area contributed by atoms with E-state index in [0.29, 0.717) is 19.1 Å². The summed E-state index contributed by atoms with van der Waals surface area (Å²) in [6, 6.07) is 5.83. The van der Waals surface area contributed by atoms with Crippen molar-refractivity contribution in [3.05, 3.63) is 41.9 Å². The molecule has 3 atom stereocenters. The molecule has 1 aliphatic heterocycles. The highest BCUT2D eigenvalue weighted by Crippen LogP contribution is 2.38. The predicted molar refractivity (Wildman–Crippen MR) is 144 cm³/mol. The number of rotatable bonds is 11. The van der Waals surface area contributed by atoms with Gasteiger partial charge in [0.15, 0.2) is 0 Å². The number of halogens is 1. The zero-order valence-electron chi connectivity index (χ0n) is 19.9. The topological polar surface area (TPSA) is 79.7 Å². The van der Waals surface area contributed by atoms with Crippen LogP contribution < -0.4 is 14.8 Å². The van der Waals surface area contributed by atoms with Crippen LogP contribution in [0, 0.1) is 0 Å². The minimum atomic E-state index is -0.0578. The van der Waals surface area contributed by atoms with E-state index in [1.54, 1.807) is 20.5 Å². The maximum Gasteiger partial charge on any atom is 0.147 e. The van der Waals surface area contributed by atoms with E-state index in [1.165, 1.54) is 14.8 Å². The van der Waals surface area contributed by atoms with Crippen molar-refractivity contribution in [3.63, 3.8) is 0 Å². The number of nitrogens with zero attached hydrogens (tertiary/aromatic N) is 3. The molecule has 184 valence electrons. The summed E-state index contributed by atoms with van der Waals surface area (Å²) in [4.78, 5) is 9.29. The van der Waals surface area contributed by atoms with Gasteiger partial charge in [0.1, 0.15) is 35.5 Å². The third kappa shape index (κ3) is 5.39. The minimum Gasteiger partial charge on any atom is -0.497 e. The molecule has 1 saturated heterocycles. The van der Waals surface area contributed by atoms with Gasteiger partial charge in [0.05, 0.1) is 41.5 Å². The summed E-state index contributed by atoms with van der Waals surface area (Å²) in [6.45, 7) is 5.60. The Bertz CT molecular complexity index is 1110. The number of hydrogen-bond donors (Lipinski definition) is 1. The number of ether oxygens (including phenoxy) is 3. The molecule has 34 heavy (non-hydrogen) atoms. The molecule has 1 fully saturated rings. The maximum atomic E-state index is 6.32. The maximum absolute atomic E-state index is 6.32. The number of anilines is 1. The van der Waals surface area contributed by atoms with Crippen molar-refractivity contribution < 1.29 is 18.4 Å². The molecule has 3 heterocycles. The molecule has 3 unspecified atom stereocenters. The molecule has 0 amide bonds. The van der Waals surface area contributed by atoms with Crippen molar-refractivity contribution in [2.75, 3.05) is 26.1 Å². The Balaban J connectivity index is 1.65. The Morgan fingerprint density at radius 1 is 1.26 bits per heavy atom. The van der Waals surface area contributed by atoms with Crippen LogP contribution in [0.3, 0.4) is 0 Å². The second kappa shape index (κ2) is 11.8. The van der Waals surface area contributed by atoms with Crippen LogP contribution in [0.5, 0.6) is 11.5 Å². The number of aromatic nitrogens is 3. The van der Waals surface area contributed by atoms with Crippen LogP contribution in [-0.2, 0) is 15.5 Å². The Hall–Kier alpha value is -1.76. The van der Waals surface area contributed by atoms with Gasteiger partial charge >= 0.3 is 0 Å². The molecule has 0 radical (unpaired) electrons. The highest BCUT2D eigenvalue weighted by Gasteiger charge is 2.30. The monoisotopic (exact) mass is 598 g/mol. The van der Waals surface area contributed by atoms with Gasteiger partial charge in [0, 0.05) is 45.6 Å². The molecule has 0 bridgehead atoms. The third-order valence-corrected chi connectivity index (χ3v) is 7.40. The van der Waals surface area contributed by atoms with Crippen molar-refractivity contribution in [1.82, 2.24) is 14.5 Å². The van der Waals surface area contributed by atoms with E-state index in [1.807, 2.05) is 18.2 Å². The van der Waals surface area contributed by atoms with E-state index in [0.717, 1.165) is 53.2 Å². The van der Waals surface area contributed by atoms with Gasteiger partial charge in [-0.1, -0.05) is 13.8 Å². The third-order valence-electron chi connectivity index (χ3n) is 6.42. The predicted octanol–water partition coefficient (Wildman–Crippen LogP) is 6.27. The molecule has 1 aliphatic rings. The van der Waals surface area contributed by atoms with Crippen LogP contribution in [0.2, 0.25) is 0 Å². The molecule has 0 aliphatic carbocycles. The van der Waals surface area contributed by atoms with Crippen molar-refractivity contribution in [2.24, 2.45) is 0 Å². The summed E-state index contributed by atoms with van der Waals surface area (Å²) < 4.78 is 24.9. The van der Waals surface area contributed by atoms with Crippen LogP contribution in [0.25, 0.3) is 11.0 Å². The average Bonchev–Trinajstić information content (AvgIpc) is 3.50. The van der Waals surface area contributed by atoms with Crippen LogP contribution in [0.4, 0.5) is 5.82 Å². The first-order chi connectivity index (χ1) is 16.6. The number of benzene rings is 1. The number of hydrogen-bond acceptors (Lipinski definition) is 8. The lowest BCUT2D eigenvalue weighted by atomic mass is 9.99. The van der Waals surface area contributed by atoms with Gasteiger partial charge in [-0.3, -0.25) is 0 Å². The molecule has 0 saturated carbocycles. The Morgan fingerprint density at radius 2 is 2.12 bits per heavy atom. The van der Waals surface area contributed by atoms with Crippen molar-refractivity contribution in [2.45, 2.75) is 57.9 Å². The van der Waals surface area contributed by atoms with Crippen LogP contribution in [-0.4, -0.2) is 41.5 Å². The van der Waals surface area contributed by atoms with Crippen LogP contribution >= 0.6 is 30.4 Å². The molecule has 4 rings (SSSR count). The normalized spacial score (nSPS) is 18.9. The first kappa shape index (κ1) is 25.3. The highest BCUT2D eigenvalue weighted by molar-refractivity contribution is 14.2. The van der Waals surface area contributed by atoms with E-state index in [-0.39, 0.29) is 12.3 Å². The molecule has 1 aromatic carbocycles. The highest BCUT2D eigenvalue weighted by atomic mass is 127. The van der Waals surface area contributed by atoms with Gasteiger partial charge in [-0.25, -0.2) is 9.97 Å². The molecule has 8 nitrogen and oxygen atoms in total. The van der Waals surface area contributed by atoms with Crippen molar-refractivity contribution in [1.29, 1.82) is 0 Å². The van der Waals surface area contributed by atoms with E-state index in [4.69, 9.17) is 18.4 Å². The Labute approximate surface area is 216 Å². The molecule has 3 aromatic rings. The van der Waals surface area contributed by atoms with Crippen LogP contribution in [0.15, 0.2) is 30.7 Å². The molecule has 1 N–H and O–H groups in total. The van der Waals surface area contributed by atoms with Gasteiger partial charge in [0.2, 0.25) is 0 Å². The molecule has 2 aromatic heterocycles. The summed E-state index contributed by atoms with van der Waals surface area (Å²) in [7, 11) is 4.67. The minimum absolute atomic E-state index is 0.0578. The Kier molecular flexibility index (Phi) is 8.78. The second-order valence-electron chi connectivity index (χ2n) is 8.39. The molecule has 10 heteroatoms. The fraction of sp³-hybridized carbons (Fsp3) is 0.500. The zero-order valence-corrected chi connectivity index (χ0v) is 22.9. The lowest BCUT2D eigenvalue weighted by molar-refractivity contribution is -0.0122. The standard InChI is InChI=1S/C24H31IN4O4S/c1-5-15(2)19-12-29(21-9-8-18(33-21)13-32-34-25)24-22(19)23(27-14-28-24)26-11-16-6-7-17(30-3)10-20(16)31-4/h6-7,10,12,14-15,18,21H,5,8-9,11,13H2,1-4H3,(H,26,27,28). The van der Waals surface area contributed by atoms with Gasteiger partial charge in [-0.05, 0) is 42.9 Å². The fourth-order valence-corrected chi connectivity index (χ4v) is 5.00. The van der Waals surface area contributed by atoms with E-state index in [9.17, 15) is 0 Å². The zero-order chi connectivity index (χ0) is 24.1. The van der Waals surface area contributed by atoms with Crippen molar-refractivity contribution in [3.8, 4) is 11.5 Å². The summed E-state index contributed by atoms with van der Waals surface area (Å²) in [5, 5.41) is 4.58. The van der Waals surface area contributed by atoms with Crippen molar-refractivity contribution >= 4 is 47.3 Å². The van der Waals surface area contributed by atoms with E-state index < -0.39 is 0 Å². The second-order valence-corrected chi connectivity index (χ2v) is 9.83. The number of methoxy groups -OCH3 is 2. The molecule has 0 spiro atoms. The van der Waals surface area contributed by atoms with Crippen LogP contribution in [0.1, 0.15) is 56.4 Å². The van der Waals surface area contributed by atoms with E-state index in [2.05, 4.69) is 61.1 Å². The van der Waals surface area contributed by atoms with Gasteiger partial charge < -0.3 is 28.3 Å². The summed E-state index contributed by atoms with van der Waals surface area (Å²) in [6.07, 6.45) is 6.78. The molecular weight excluding hydrogens is 567 g/mol. The lowest BCUT2D eigenvalue weighted by Gasteiger charge is -2.16. The Morgan fingerprint density at radius 3 is 2.85 bits per heavy atom. The quantitative estimate of drug-likeness (QED) is 0.205. The summed E-state index contributed by atoms with van der Waals surface area (Å²) in [5.74, 6) is 2.71. The van der Waals surface area contributed by atoms with Gasteiger partial charge in [0.25, 0.3) is 0 Å². The number of fused-ring (bicyclic) bond motifs is 1. The summed E-state index contributed by atoms with van der Waals surface area (Å²) >= 11 is 2.14. The van der Waals surface area contributed by atoms with E-state index >= 15 is 0 Å². The summed E-state index contributed by atoms with van der Waals surface area (Å²) in [5.41, 5.74) is 3.15. The molecular formula is C24H31IN4O4S. The van der Waals surface area contributed by atoms with Gasteiger partial charge in [-0.15, -0.1) is 0 Å². The SMILES string of the molecule is CCC(C)c1cn(C2CCC(COSI)O2)c2ncnc(NCc3ccc(OC)cc3OC)c12. The average molecular weight is 599 g/mol. The van der Waals surface area contributed by atoms with Gasteiger partial charge in [-0.2, -0.15) is 0 Å².